The maximum Gasteiger partial charge on any atom is 0.0541 e. The highest BCUT2D eigenvalue weighted by atomic mass is 15.0. The average Bonchev–Trinajstić information content (AvgIpc) is 3.90. The number of nitrogens with zero attached hydrogens (tertiary/aromatic N) is 2. The molecule has 0 fully saturated rings. The zero-order chi connectivity index (χ0) is 37.5. The van der Waals surface area contributed by atoms with Crippen molar-refractivity contribution in [3.05, 3.63) is 181 Å². The quantitative estimate of drug-likeness (QED) is 0.177. The van der Waals surface area contributed by atoms with Crippen LogP contribution in [0.15, 0.2) is 170 Å². The maximum atomic E-state index is 3.70. The van der Waals surface area contributed by atoms with Crippen LogP contribution < -0.4 is 0 Å². The van der Waals surface area contributed by atoms with Gasteiger partial charge in [-0.2, -0.15) is 0 Å². The van der Waals surface area contributed by atoms with Gasteiger partial charge in [0.25, 0.3) is 0 Å². The van der Waals surface area contributed by atoms with Crippen molar-refractivity contribution in [2.75, 3.05) is 0 Å². The topological polar surface area (TPSA) is 25.6 Å². The first-order valence-corrected chi connectivity index (χ1v) is 19.8. The number of fused-ring (bicyclic) bond motifs is 9. The number of benzene rings is 8. The summed E-state index contributed by atoms with van der Waals surface area (Å²) in [7, 11) is 0. The Labute approximate surface area is 326 Å². The van der Waals surface area contributed by atoms with Crippen molar-refractivity contribution in [2.24, 2.45) is 0 Å². The fraction of sp³-hybridized carbons (Fsp3) is 0.0943. The fourth-order valence-corrected chi connectivity index (χ4v) is 9.01. The van der Waals surface area contributed by atoms with Crippen LogP contribution in [0.4, 0.5) is 0 Å². The van der Waals surface area contributed by atoms with E-state index in [0.29, 0.717) is 5.92 Å². The summed E-state index contributed by atoms with van der Waals surface area (Å²) < 4.78 is 4.80. The Hall–Kier alpha value is -6.84. The van der Waals surface area contributed by atoms with E-state index in [-0.39, 0.29) is 0 Å². The Kier molecular flexibility index (Phi) is 7.34. The highest BCUT2D eigenvalue weighted by molar-refractivity contribution is 6.13. The molecule has 3 nitrogen and oxygen atoms in total. The molecule has 11 aromatic rings. The average molecular weight is 720 g/mol. The molecule has 268 valence electrons. The molecule has 0 saturated carbocycles. The Morgan fingerprint density at radius 1 is 0.411 bits per heavy atom. The molecule has 0 saturated heterocycles. The number of aromatic amines is 1. The van der Waals surface area contributed by atoms with Crippen LogP contribution in [-0.4, -0.2) is 14.1 Å². The fourth-order valence-electron chi connectivity index (χ4n) is 9.01. The van der Waals surface area contributed by atoms with Crippen LogP contribution in [0.5, 0.6) is 0 Å². The molecule has 0 bridgehead atoms. The SMILES string of the molecule is CCc1ccc(-n2c3ccccc3c3cc(-c4ccc5[nH]c6ccc(-c7ccc8c(c7)c7ccccc7n8-c7ccc(C(C)C)cc7)cc6c5c4)ccc32)cc1. The molecule has 0 amide bonds. The molecule has 8 aromatic carbocycles. The van der Waals surface area contributed by atoms with Crippen molar-refractivity contribution in [3.8, 4) is 33.6 Å². The van der Waals surface area contributed by atoms with E-state index >= 15 is 0 Å². The smallest absolute Gasteiger partial charge is 0.0541 e. The van der Waals surface area contributed by atoms with Gasteiger partial charge in [0.15, 0.2) is 0 Å². The van der Waals surface area contributed by atoms with Gasteiger partial charge in [0.2, 0.25) is 0 Å². The second kappa shape index (κ2) is 12.6. The molecule has 3 heteroatoms. The number of hydrogen-bond acceptors (Lipinski definition) is 0. The number of aryl methyl sites for hydroxylation is 1. The van der Waals surface area contributed by atoms with Gasteiger partial charge in [0, 0.05) is 54.7 Å². The van der Waals surface area contributed by atoms with Gasteiger partial charge in [-0.3, -0.25) is 0 Å². The van der Waals surface area contributed by atoms with E-state index in [0.717, 1.165) is 17.5 Å². The van der Waals surface area contributed by atoms with Crippen LogP contribution in [0, 0.1) is 0 Å². The normalized spacial score (nSPS) is 12.1. The second-order valence-corrected chi connectivity index (χ2v) is 15.6. The van der Waals surface area contributed by atoms with Crippen molar-refractivity contribution in [3.63, 3.8) is 0 Å². The monoisotopic (exact) mass is 719 g/mol. The molecule has 0 unspecified atom stereocenters. The minimum Gasteiger partial charge on any atom is -0.355 e. The van der Waals surface area contributed by atoms with Crippen LogP contribution in [0.3, 0.4) is 0 Å². The van der Waals surface area contributed by atoms with Crippen molar-refractivity contribution >= 4 is 65.4 Å². The van der Waals surface area contributed by atoms with E-state index in [1.807, 2.05) is 0 Å². The number of nitrogens with one attached hydrogen (secondary N) is 1. The summed E-state index contributed by atoms with van der Waals surface area (Å²) in [6.07, 6.45) is 1.04. The molecule has 56 heavy (non-hydrogen) atoms. The number of H-pyrrole nitrogens is 1. The summed E-state index contributed by atoms with van der Waals surface area (Å²) in [5.41, 5.74) is 17.2. The zero-order valence-corrected chi connectivity index (χ0v) is 31.8. The van der Waals surface area contributed by atoms with Gasteiger partial charge in [-0.15, -0.1) is 0 Å². The van der Waals surface area contributed by atoms with E-state index in [4.69, 9.17) is 0 Å². The summed E-state index contributed by atoms with van der Waals surface area (Å²) in [6.45, 7) is 6.70. The molecule has 0 aliphatic heterocycles. The third-order valence-electron chi connectivity index (χ3n) is 12.0. The number of rotatable bonds is 6. The second-order valence-electron chi connectivity index (χ2n) is 15.6. The number of aromatic nitrogens is 3. The summed E-state index contributed by atoms with van der Waals surface area (Å²) in [5, 5.41) is 7.54. The van der Waals surface area contributed by atoms with Crippen LogP contribution in [0.2, 0.25) is 0 Å². The maximum absolute atomic E-state index is 3.70. The Bertz CT molecular complexity index is 3300. The van der Waals surface area contributed by atoms with Gasteiger partial charge in [0.05, 0.1) is 22.1 Å². The summed E-state index contributed by atoms with van der Waals surface area (Å²) >= 11 is 0. The van der Waals surface area contributed by atoms with Gasteiger partial charge in [-0.1, -0.05) is 106 Å². The Morgan fingerprint density at radius 3 is 1.29 bits per heavy atom. The minimum atomic E-state index is 0.504. The molecule has 0 spiro atoms. The highest BCUT2D eigenvalue weighted by Crippen LogP contribution is 2.39. The zero-order valence-electron chi connectivity index (χ0n) is 31.8. The minimum absolute atomic E-state index is 0.504. The molecule has 0 radical (unpaired) electrons. The molecular weight excluding hydrogens is 679 g/mol. The molecule has 3 aromatic heterocycles. The predicted octanol–water partition coefficient (Wildman–Crippen LogP) is 14.5. The van der Waals surface area contributed by atoms with Crippen LogP contribution in [-0.2, 0) is 6.42 Å². The van der Waals surface area contributed by atoms with E-state index in [2.05, 4.69) is 205 Å². The molecule has 0 atom stereocenters. The van der Waals surface area contributed by atoms with Crippen molar-refractivity contribution in [2.45, 2.75) is 33.1 Å². The van der Waals surface area contributed by atoms with Gasteiger partial charge < -0.3 is 14.1 Å². The molecule has 1 N–H and O–H groups in total. The van der Waals surface area contributed by atoms with E-state index in [1.54, 1.807) is 0 Å². The van der Waals surface area contributed by atoms with Crippen LogP contribution in [0.1, 0.15) is 37.8 Å². The standard InChI is InChI=1S/C53H41N3/c1-4-34-13-21-40(22-14-34)55-50-11-7-5-9-42(50)46-31-38(19-27-52(46)55)36-17-25-48-44(29-36)45-30-37(18-26-49(45)54-48)39-20-28-53-47(32-39)43-10-6-8-12-51(43)56(53)41-23-15-35(16-24-41)33(2)3/h5-33,54H,4H2,1-3H3. The van der Waals surface area contributed by atoms with Gasteiger partial charge >= 0.3 is 0 Å². The van der Waals surface area contributed by atoms with Gasteiger partial charge in [0.1, 0.15) is 0 Å². The predicted molar refractivity (Wildman–Crippen MR) is 239 cm³/mol. The lowest BCUT2D eigenvalue weighted by Crippen LogP contribution is -1.95. The molecular formula is C53H41N3. The van der Waals surface area contributed by atoms with Gasteiger partial charge in [-0.25, -0.2) is 0 Å². The highest BCUT2D eigenvalue weighted by Gasteiger charge is 2.16. The lowest BCUT2D eigenvalue weighted by atomic mass is 9.98. The van der Waals surface area contributed by atoms with Crippen molar-refractivity contribution in [1.29, 1.82) is 0 Å². The van der Waals surface area contributed by atoms with E-state index in [1.165, 1.54) is 99.1 Å². The summed E-state index contributed by atoms with van der Waals surface area (Å²) in [6, 6.07) is 63.2. The first-order chi connectivity index (χ1) is 27.5. The molecule has 11 rings (SSSR count). The third kappa shape index (κ3) is 5.04. The summed E-state index contributed by atoms with van der Waals surface area (Å²) in [5.74, 6) is 0.504. The van der Waals surface area contributed by atoms with E-state index in [9.17, 15) is 0 Å². The lowest BCUT2D eigenvalue weighted by Gasteiger charge is -2.11. The van der Waals surface area contributed by atoms with Gasteiger partial charge in [-0.05, 0) is 131 Å². The number of hydrogen-bond donors (Lipinski definition) is 1. The molecule has 3 heterocycles. The van der Waals surface area contributed by atoms with Crippen molar-refractivity contribution < 1.29 is 0 Å². The van der Waals surface area contributed by atoms with Crippen molar-refractivity contribution in [1.82, 2.24) is 14.1 Å². The molecule has 0 aliphatic carbocycles. The Balaban J connectivity index is 1.01. The summed E-state index contributed by atoms with van der Waals surface area (Å²) in [4.78, 5) is 3.70. The first kappa shape index (κ1) is 32.6. The van der Waals surface area contributed by atoms with Crippen LogP contribution in [0.25, 0.3) is 99.0 Å². The lowest BCUT2D eigenvalue weighted by molar-refractivity contribution is 0.866. The van der Waals surface area contributed by atoms with E-state index < -0.39 is 0 Å². The first-order valence-electron chi connectivity index (χ1n) is 19.8. The molecule has 0 aliphatic rings. The largest absolute Gasteiger partial charge is 0.355 e. The third-order valence-corrected chi connectivity index (χ3v) is 12.0. The van der Waals surface area contributed by atoms with Crippen LogP contribution >= 0.6 is 0 Å². The number of para-hydroxylation sites is 2. The Morgan fingerprint density at radius 2 is 0.821 bits per heavy atom.